The van der Waals surface area contributed by atoms with Gasteiger partial charge in [0.1, 0.15) is 11.9 Å². The lowest BCUT2D eigenvalue weighted by molar-refractivity contribution is -0.124. The molecule has 0 fully saturated rings. The molecule has 0 spiro atoms. The van der Waals surface area contributed by atoms with Gasteiger partial charge >= 0.3 is 0 Å². The van der Waals surface area contributed by atoms with Gasteiger partial charge in [-0.05, 0) is 41.1 Å². The number of rotatable bonds is 3. The molecular weight excluding hydrogens is 265 g/mol. The van der Waals surface area contributed by atoms with E-state index < -0.39 is 11.9 Å². The van der Waals surface area contributed by atoms with Crippen molar-refractivity contribution in [1.82, 2.24) is 0 Å². The van der Waals surface area contributed by atoms with Crippen LogP contribution in [-0.4, -0.2) is 19.1 Å². The van der Waals surface area contributed by atoms with Gasteiger partial charge in [-0.2, -0.15) is 0 Å². The van der Waals surface area contributed by atoms with Gasteiger partial charge in [0.2, 0.25) is 0 Å². The fraction of sp³-hybridized carbons (Fsp3) is 0.300. The molecule has 1 unspecified atom stereocenters. The highest BCUT2D eigenvalue weighted by Crippen LogP contribution is 2.23. The number of halogens is 2. The van der Waals surface area contributed by atoms with Gasteiger partial charge in [0.15, 0.2) is 0 Å². The van der Waals surface area contributed by atoms with Crippen LogP contribution in [0.2, 0.25) is 0 Å². The van der Waals surface area contributed by atoms with E-state index in [2.05, 4.69) is 21.2 Å². The Hall–Kier alpha value is -0.940. The minimum Gasteiger partial charge on any atom is -0.372 e. The third kappa shape index (κ3) is 3.28. The van der Waals surface area contributed by atoms with Crippen LogP contribution in [0.15, 0.2) is 22.7 Å². The Bertz CT molecular complexity index is 370. The van der Waals surface area contributed by atoms with E-state index in [0.29, 0.717) is 10.2 Å². The first-order chi connectivity index (χ1) is 7.04. The molecule has 0 bridgehead atoms. The molecule has 3 nitrogen and oxygen atoms in total. The molecule has 0 saturated heterocycles. The summed E-state index contributed by atoms with van der Waals surface area (Å²) in [6.45, 7) is 1.61. The maximum absolute atomic E-state index is 12.9. The number of hydrogen-bond donors (Lipinski definition) is 1. The average Bonchev–Trinajstić information content (AvgIpc) is 2.22. The predicted octanol–water partition coefficient (Wildman–Crippen LogP) is 2.56. The fourth-order valence-corrected chi connectivity index (χ4v) is 1.28. The minimum absolute atomic E-state index is 0.316. The Kier molecular flexibility index (Phi) is 4.23. The van der Waals surface area contributed by atoms with Crippen molar-refractivity contribution in [2.75, 3.05) is 12.4 Å². The second-order valence-electron chi connectivity index (χ2n) is 2.99. The molecule has 0 aromatic heterocycles. The van der Waals surface area contributed by atoms with Crippen LogP contribution in [0.1, 0.15) is 6.92 Å². The molecule has 82 valence electrons. The Balaban J connectivity index is 2.80. The SMILES string of the molecule is COC(C)C(=O)Nc1cc(F)ccc1Br. The molecule has 15 heavy (non-hydrogen) atoms. The molecule has 1 aromatic carbocycles. The molecule has 1 aromatic rings. The van der Waals surface area contributed by atoms with Crippen LogP contribution in [0.25, 0.3) is 0 Å². The van der Waals surface area contributed by atoms with Crippen molar-refractivity contribution in [3.05, 3.63) is 28.5 Å². The normalized spacial score (nSPS) is 12.3. The van der Waals surface area contributed by atoms with E-state index in [9.17, 15) is 9.18 Å². The summed E-state index contributed by atoms with van der Waals surface area (Å²) in [6, 6.07) is 4.08. The van der Waals surface area contributed by atoms with Crippen molar-refractivity contribution in [3.8, 4) is 0 Å². The molecule has 0 aliphatic carbocycles. The number of carbonyl (C=O) groups is 1. The van der Waals surface area contributed by atoms with E-state index in [1.165, 1.54) is 25.3 Å². The van der Waals surface area contributed by atoms with Crippen LogP contribution in [-0.2, 0) is 9.53 Å². The monoisotopic (exact) mass is 275 g/mol. The van der Waals surface area contributed by atoms with Gasteiger partial charge in [0, 0.05) is 11.6 Å². The van der Waals surface area contributed by atoms with E-state index in [0.717, 1.165) is 0 Å². The van der Waals surface area contributed by atoms with E-state index in [-0.39, 0.29) is 5.91 Å². The smallest absolute Gasteiger partial charge is 0.253 e. The molecule has 1 amide bonds. The van der Waals surface area contributed by atoms with Crippen molar-refractivity contribution in [3.63, 3.8) is 0 Å². The summed E-state index contributed by atoms with van der Waals surface area (Å²) in [4.78, 5) is 11.4. The first-order valence-corrected chi connectivity index (χ1v) is 5.12. The number of methoxy groups -OCH3 is 1. The van der Waals surface area contributed by atoms with Gasteiger partial charge in [-0.25, -0.2) is 4.39 Å². The molecule has 1 atom stereocenters. The highest BCUT2D eigenvalue weighted by molar-refractivity contribution is 9.10. The second kappa shape index (κ2) is 5.23. The second-order valence-corrected chi connectivity index (χ2v) is 3.85. The van der Waals surface area contributed by atoms with Crippen LogP contribution in [0.3, 0.4) is 0 Å². The Morgan fingerprint density at radius 3 is 2.87 bits per heavy atom. The van der Waals surface area contributed by atoms with E-state index in [1.807, 2.05) is 0 Å². The zero-order valence-electron chi connectivity index (χ0n) is 8.38. The maximum atomic E-state index is 12.9. The Labute approximate surface area is 95.7 Å². The molecule has 0 aliphatic rings. The van der Waals surface area contributed by atoms with E-state index in [1.54, 1.807) is 6.92 Å². The summed E-state index contributed by atoms with van der Waals surface area (Å²) in [5.74, 6) is -0.720. The number of amides is 1. The van der Waals surface area contributed by atoms with Crippen LogP contribution >= 0.6 is 15.9 Å². The molecule has 0 heterocycles. The van der Waals surface area contributed by atoms with Crippen molar-refractivity contribution in [2.24, 2.45) is 0 Å². The van der Waals surface area contributed by atoms with Crippen LogP contribution in [0.5, 0.6) is 0 Å². The highest BCUT2D eigenvalue weighted by Gasteiger charge is 2.13. The first-order valence-electron chi connectivity index (χ1n) is 4.33. The van der Waals surface area contributed by atoms with Crippen LogP contribution in [0.4, 0.5) is 10.1 Å². The molecule has 1 N–H and O–H groups in total. The van der Waals surface area contributed by atoms with Crippen molar-refractivity contribution in [2.45, 2.75) is 13.0 Å². The van der Waals surface area contributed by atoms with Crippen molar-refractivity contribution < 1.29 is 13.9 Å². The largest absolute Gasteiger partial charge is 0.372 e. The number of hydrogen-bond acceptors (Lipinski definition) is 2. The molecule has 1 rings (SSSR count). The fourth-order valence-electron chi connectivity index (χ4n) is 0.935. The van der Waals surface area contributed by atoms with Crippen LogP contribution in [0, 0.1) is 5.82 Å². The van der Waals surface area contributed by atoms with Crippen molar-refractivity contribution >= 4 is 27.5 Å². The predicted molar refractivity (Wildman–Crippen MR) is 59.2 cm³/mol. The van der Waals surface area contributed by atoms with Gasteiger partial charge in [-0.3, -0.25) is 4.79 Å². The summed E-state index contributed by atoms with van der Waals surface area (Å²) < 4.78 is 18.3. The Morgan fingerprint density at radius 2 is 2.27 bits per heavy atom. The number of nitrogens with one attached hydrogen (secondary N) is 1. The lowest BCUT2D eigenvalue weighted by Crippen LogP contribution is -2.26. The quantitative estimate of drug-likeness (QED) is 0.921. The summed E-state index contributed by atoms with van der Waals surface area (Å²) in [5, 5.41) is 2.55. The summed E-state index contributed by atoms with van der Waals surface area (Å²) in [5.41, 5.74) is 0.393. The summed E-state index contributed by atoms with van der Waals surface area (Å²) in [7, 11) is 1.44. The molecule has 0 aliphatic heterocycles. The average molecular weight is 276 g/mol. The summed E-state index contributed by atoms with van der Waals surface area (Å²) in [6.07, 6.45) is -0.569. The third-order valence-electron chi connectivity index (χ3n) is 1.91. The number of carbonyl (C=O) groups excluding carboxylic acids is 1. The maximum Gasteiger partial charge on any atom is 0.253 e. The number of benzene rings is 1. The summed E-state index contributed by atoms with van der Waals surface area (Å²) >= 11 is 3.21. The van der Waals surface area contributed by atoms with Gasteiger partial charge in [0.25, 0.3) is 5.91 Å². The van der Waals surface area contributed by atoms with E-state index in [4.69, 9.17) is 4.74 Å². The Morgan fingerprint density at radius 1 is 1.60 bits per heavy atom. The first kappa shape index (κ1) is 12.1. The van der Waals surface area contributed by atoms with Gasteiger partial charge < -0.3 is 10.1 Å². The zero-order chi connectivity index (χ0) is 11.4. The highest BCUT2D eigenvalue weighted by atomic mass is 79.9. The lowest BCUT2D eigenvalue weighted by atomic mass is 10.3. The third-order valence-corrected chi connectivity index (χ3v) is 2.60. The van der Waals surface area contributed by atoms with Gasteiger partial charge in [-0.15, -0.1) is 0 Å². The van der Waals surface area contributed by atoms with E-state index >= 15 is 0 Å². The van der Waals surface area contributed by atoms with Gasteiger partial charge in [0.05, 0.1) is 5.69 Å². The standard InChI is InChI=1S/C10H11BrFNO2/c1-6(15-2)10(14)13-9-5-7(12)3-4-8(9)11/h3-6H,1-2H3,(H,13,14). The zero-order valence-corrected chi connectivity index (χ0v) is 9.97. The van der Waals surface area contributed by atoms with Gasteiger partial charge in [-0.1, -0.05) is 0 Å². The number of ether oxygens (including phenoxy) is 1. The number of anilines is 1. The van der Waals surface area contributed by atoms with Crippen molar-refractivity contribution in [1.29, 1.82) is 0 Å². The molecule has 0 saturated carbocycles. The topological polar surface area (TPSA) is 38.3 Å². The molecule has 0 radical (unpaired) electrons. The molecule has 5 heteroatoms. The molecular formula is C10H11BrFNO2. The van der Waals surface area contributed by atoms with Crippen LogP contribution < -0.4 is 5.32 Å². The lowest BCUT2D eigenvalue weighted by Gasteiger charge is -2.11. The minimum atomic E-state index is -0.569.